The number of hydrogen-bond acceptors (Lipinski definition) is 5. The average molecular weight is 456 g/mol. The van der Waals surface area contributed by atoms with Crippen LogP contribution in [0.1, 0.15) is 54.0 Å². The van der Waals surface area contributed by atoms with E-state index in [0.29, 0.717) is 17.1 Å². The summed E-state index contributed by atoms with van der Waals surface area (Å²) in [6, 6.07) is 16.0. The van der Waals surface area contributed by atoms with Gasteiger partial charge in [0.05, 0.1) is 23.5 Å². The Kier molecular flexibility index (Phi) is 5.12. The number of nitrogens with one attached hydrogen (secondary N) is 2. The van der Waals surface area contributed by atoms with Crippen molar-refractivity contribution in [1.29, 1.82) is 0 Å². The summed E-state index contributed by atoms with van der Waals surface area (Å²) in [7, 11) is 0. The highest BCUT2D eigenvalue weighted by Gasteiger charge is 2.21. The van der Waals surface area contributed by atoms with E-state index in [1.54, 1.807) is 30.3 Å². The van der Waals surface area contributed by atoms with E-state index >= 15 is 0 Å². The van der Waals surface area contributed by atoms with Gasteiger partial charge in [0.25, 0.3) is 0 Å². The van der Waals surface area contributed by atoms with Crippen molar-refractivity contribution in [1.82, 2.24) is 15.1 Å². The summed E-state index contributed by atoms with van der Waals surface area (Å²) < 4.78 is 5.37. The molecule has 3 aromatic heterocycles. The van der Waals surface area contributed by atoms with Gasteiger partial charge in [0, 0.05) is 39.7 Å². The van der Waals surface area contributed by atoms with Crippen LogP contribution >= 0.6 is 0 Å². The fourth-order valence-electron chi connectivity index (χ4n) is 4.04. The molecule has 7 heteroatoms. The number of aromatic hydroxyl groups is 1. The highest BCUT2D eigenvalue weighted by molar-refractivity contribution is 6.11. The first-order chi connectivity index (χ1) is 16.2. The Morgan fingerprint density at radius 3 is 2.18 bits per heavy atom. The van der Waals surface area contributed by atoms with Crippen molar-refractivity contribution in [2.24, 2.45) is 0 Å². The summed E-state index contributed by atoms with van der Waals surface area (Å²) in [5, 5.41) is 15.3. The number of ketones is 2. The van der Waals surface area contributed by atoms with Gasteiger partial charge >= 0.3 is 0 Å². The zero-order valence-corrected chi connectivity index (χ0v) is 19.2. The smallest absolute Gasteiger partial charge is 0.225 e. The maximum atomic E-state index is 13.0. The molecule has 0 spiro atoms. The number of phenols is 1. The summed E-state index contributed by atoms with van der Waals surface area (Å²) >= 11 is 0. The molecule has 7 nitrogen and oxygen atoms in total. The molecule has 0 aliphatic rings. The quantitative estimate of drug-likeness (QED) is 0.304. The minimum Gasteiger partial charge on any atom is -0.508 e. The average Bonchev–Trinajstić information content (AvgIpc) is 3.49. The Morgan fingerprint density at radius 1 is 0.882 bits per heavy atom. The van der Waals surface area contributed by atoms with E-state index in [1.807, 2.05) is 45.0 Å². The van der Waals surface area contributed by atoms with E-state index in [2.05, 4.69) is 15.1 Å². The van der Waals surface area contributed by atoms with Crippen LogP contribution in [0, 0.1) is 0 Å². The summed E-state index contributed by atoms with van der Waals surface area (Å²) in [5.74, 6) is 0.774. The van der Waals surface area contributed by atoms with E-state index in [-0.39, 0.29) is 35.6 Å². The van der Waals surface area contributed by atoms with Gasteiger partial charge in [-0.05, 0) is 48.0 Å². The molecule has 0 radical (unpaired) electrons. The zero-order valence-electron chi connectivity index (χ0n) is 19.2. The van der Waals surface area contributed by atoms with E-state index in [1.165, 1.54) is 0 Å². The Balaban J connectivity index is 1.32. The molecule has 0 unspecified atom stereocenters. The van der Waals surface area contributed by atoms with Gasteiger partial charge in [0.15, 0.2) is 0 Å². The summed E-state index contributed by atoms with van der Waals surface area (Å²) in [6.45, 7) is 6.10. The number of H-pyrrole nitrogens is 2. The Bertz CT molecular complexity index is 1550. The third-order valence-electron chi connectivity index (χ3n) is 5.86. The molecule has 0 bridgehead atoms. The number of phenolic OH excluding ortho intramolecular Hbond substituents is 1. The molecule has 0 saturated heterocycles. The number of rotatable bonds is 6. The van der Waals surface area contributed by atoms with Gasteiger partial charge < -0.3 is 19.6 Å². The van der Waals surface area contributed by atoms with Crippen LogP contribution in [0.25, 0.3) is 21.8 Å². The van der Waals surface area contributed by atoms with Gasteiger partial charge in [-0.1, -0.05) is 32.0 Å². The van der Waals surface area contributed by atoms with Gasteiger partial charge in [-0.2, -0.15) is 0 Å². The molecule has 5 aromatic rings. The first-order valence-electron chi connectivity index (χ1n) is 11.1. The van der Waals surface area contributed by atoms with E-state index in [0.717, 1.165) is 33.1 Å². The minimum absolute atomic E-state index is 0.0428. The number of carbonyl (C=O) groups excluding carboxylic acids is 2. The summed E-state index contributed by atoms with van der Waals surface area (Å²) in [5.41, 5.74) is 3.83. The fraction of sp³-hybridized carbons (Fsp3) is 0.222. The number of nitrogens with zero attached hydrogens (tertiary/aromatic N) is 1. The molecule has 3 N–H and O–H groups in total. The number of carbonyl (C=O) groups is 2. The van der Waals surface area contributed by atoms with Crippen molar-refractivity contribution in [3.63, 3.8) is 0 Å². The number of hydrogen-bond donors (Lipinski definition) is 3. The topological polar surface area (TPSA) is 112 Å². The van der Waals surface area contributed by atoms with E-state index < -0.39 is 0 Å². The molecule has 172 valence electrons. The number of Topliss-reactive ketones (excluding diaryl/α,β-unsaturated/α-hetero) is 1. The van der Waals surface area contributed by atoms with Crippen LogP contribution in [-0.4, -0.2) is 31.8 Å². The standard InChI is InChI=1S/C27H25N3O4/c1-27(2,3)25-14-18(30-34-25)13-20(32)9-15-4-6-21-16(8-15)11-23(28-21)26(33)24-12-17-10-19(31)5-7-22(17)29-24/h4-8,10-12,14,28-29,31H,9,13H2,1-3H3. The predicted molar refractivity (Wildman–Crippen MR) is 129 cm³/mol. The molecule has 0 aliphatic carbocycles. The molecule has 0 atom stereocenters. The Labute approximate surface area is 195 Å². The first kappa shape index (κ1) is 21.7. The maximum Gasteiger partial charge on any atom is 0.225 e. The monoisotopic (exact) mass is 455 g/mol. The lowest BCUT2D eigenvalue weighted by Crippen LogP contribution is -2.09. The SMILES string of the molecule is CC(C)(C)c1cc(CC(=O)Cc2ccc3[nH]c(C(=O)c4cc5cc(O)ccc5[nH]4)cc3c2)no1. The molecule has 0 saturated carbocycles. The number of aromatic nitrogens is 3. The second kappa shape index (κ2) is 8.02. The van der Waals surface area contributed by atoms with E-state index in [4.69, 9.17) is 4.52 Å². The molecule has 0 fully saturated rings. The second-order valence-electron chi connectivity index (χ2n) is 9.71. The van der Waals surface area contributed by atoms with Gasteiger partial charge in [-0.25, -0.2) is 0 Å². The molecular weight excluding hydrogens is 430 g/mol. The van der Waals surface area contributed by atoms with Crippen LogP contribution in [0.2, 0.25) is 0 Å². The predicted octanol–water partition coefficient (Wildman–Crippen LogP) is 5.23. The van der Waals surface area contributed by atoms with Gasteiger partial charge in [-0.15, -0.1) is 0 Å². The number of fused-ring (bicyclic) bond motifs is 2. The molecule has 34 heavy (non-hydrogen) atoms. The van der Waals surface area contributed by atoms with Crippen LogP contribution in [0.3, 0.4) is 0 Å². The molecular formula is C27H25N3O4. The van der Waals surface area contributed by atoms with Gasteiger partial charge in [-0.3, -0.25) is 9.59 Å². The van der Waals surface area contributed by atoms with Gasteiger partial charge in [0.2, 0.25) is 5.78 Å². The van der Waals surface area contributed by atoms with E-state index in [9.17, 15) is 14.7 Å². The van der Waals surface area contributed by atoms with Crippen LogP contribution in [0.5, 0.6) is 5.75 Å². The van der Waals surface area contributed by atoms with Crippen LogP contribution in [0.15, 0.2) is 59.1 Å². The third kappa shape index (κ3) is 4.24. The zero-order chi connectivity index (χ0) is 24.0. The largest absolute Gasteiger partial charge is 0.508 e. The van der Waals surface area contributed by atoms with Crippen molar-refractivity contribution >= 4 is 33.4 Å². The lowest BCUT2D eigenvalue weighted by atomic mass is 9.93. The fourth-order valence-corrected chi connectivity index (χ4v) is 4.04. The molecule has 0 amide bonds. The Morgan fingerprint density at radius 2 is 1.53 bits per heavy atom. The maximum absolute atomic E-state index is 13.0. The molecule has 0 aliphatic heterocycles. The van der Waals surface area contributed by atoms with Crippen LogP contribution < -0.4 is 0 Å². The normalized spacial score (nSPS) is 12.0. The minimum atomic E-state index is -0.176. The lowest BCUT2D eigenvalue weighted by Gasteiger charge is -2.12. The van der Waals surface area contributed by atoms with Crippen molar-refractivity contribution < 1.29 is 19.2 Å². The van der Waals surface area contributed by atoms with Gasteiger partial charge in [0.1, 0.15) is 17.3 Å². The van der Waals surface area contributed by atoms with Crippen LogP contribution in [0.4, 0.5) is 0 Å². The summed E-state index contributed by atoms with van der Waals surface area (Å²) in [6.07, 6.45) is 0.484. The highest BCUT2D eigenvalue weighted by atomic mass is 16.5. The highest BCUT2D eigenvalue weighted by Crippen LogP contribution is 2.25. The Hall–Kier alpha value is -4.13. The molecule has 3 heterocycles. The van der Waals surface area contributed by atoms with Crippen LogP contribution in [-0.2, 0) is 23.1 Å². The lowest BCUT2D eigenvalue weighted by molar-refractivity contribution is -0.117. The van der Waals surface area contributed by atoms with Crippen molar-refractivity contribution in [2.45, 2.75) is 39.0 Å². The summed E-state index contributed by atoms with van der Waals surface area (Å²) in [4.78, 5) is 31.9. The van der Waals surface area contributed by atoms with Crippen molar-refractivity contribution in [2.75, 3.05) is 0 Å². The first-order valence-corrected chi connectivity index (χ1v) is 11.1. The number of benzene rings is 2. The third-order valence-corrected chi connectivity index (χ3v) is 5.86. The van der Waals surface area contributed by atoms with Crippen molar-refractivity contribution in [3.05, 3.63) is 83.0 Å². The second-order valence-corrected chi connectivity index (χ2v) is 9.71. The molecule has 5 rings (SSSR count). The molecule has 2 aromatic carbocycles. The van der Waals surface area contributed by atoms with Crippen molar-refractivity contribution in [3.8, 4) is 5.75 Å². The number of aromatic amines is 2.